The normalized spacial score (nSPS) is 13.0. The summed E-state index contributed by atoms with van der Waals surface area (Å²) in [6.45, 7) is 3.72. The molecule has 2 heterocycles. The van der Waals surface area contributed by atoms with Gasteiger partial charge in [0, 0.05) is 15.8 Å². The summed E-state index contributed by atoms with van der Waals surface area (Å²) in [5.41, 5.74) is 3.36. The van der Waals surface area contributed by atoms with Gasteiger partial charge in [-0.1, -0.05) is 53.6 Å². The molecule has 0 bridgehead atoms. The smallest absolute Gasteiger partial charge is 0.271 e. The van der Waals surface area contributed by atoms with Crippen molar-refractivity contribution >= 4 is 56.4 Å². The Balaban J connectivity index is 1.57. The molecule has 3 aromatic carbocycles. The van der Waals surface area contributed by atoms with Gasteiger partial charge < -0.3 is 0 Å². The number of hydrogen-bond donors (Lipinski definition) is 0. The van der Waals surface area contributed by atoms with E-state index in [1.165, 1.54) is 16.2 Å². The van der Waals surface area contributed by atoms with Crippen molar-refractivity contribution < 1.29 is 14.4 Å². The fraction of sp³-hybridized carbons (Fsp3) is 0.115. The summed E-state index contributed by atoms with van der Waals surface area (Å²) in [4.78, 5) is 42.6. The molecular formula is C26H19ClN2O3S. The van der Waals surface area contributed by atoms with Crippen molar-refractivity contribution in [3.8, 4) is 0 Å². The summed E-state index contributed by atoms with van der Waals surface area (Å²) in [5, 5.41) is 1.18. The highest BCUT2D eigenvalue weighted by Gasteiger charge is 2.38. The van der Waals surface area contributed by atoms with Crippen molar-refractivity contribution in [2.45, 2.75) is 13.8 Å². The number of benzene rings is 3. The van der Waals surface area contributed by atoms with Gasteiger partial charge in [-0.05, 0) is 49.7 Å². The van der Waals surface area contributed by atoms with Crippen LogP contribution in [0.4, 0.5) is 5.69 Å². The lowest BCUT2D eigenvalue weighted by atomic mass is 10.1. The molecule has 5 rings (SSSR count). The summed E-state index contributed by atoms with van der Waals surface area (Å²) in [5.74, 6) is -1.20. The molecule has 0 saturated carbocycles. The van der Waals surface area contributed by atoms with E-state index >= 15 is 0 Å². The van der Waals surface area contributed by atoms with Crippen LogP contribution in [0.25, 0.3) is 10.1 Å². The molecule has 0 spiro atoms. The molecule has 1 aromatic heterocycles. The van der Waals surface area contributed by atoms with Crippen LogP contribution in [0.3, 0.4) is 0 Å². The Bertz CT molecular complexity index is 1410. The minimum atomic E-state index is -0.418. The van der Waals surface area contributed by atoms with Gasteiger partial charge in [0.25, 0.3) is 17.7 Å². The first-order chi connectivity index (χ1) is 15.8. The van der Waals surface area contributed by atoms with Crippen molar-refractivity contribution in [3.63, 3.8) is 0 Å². The molecule has 1 aliphatic heterocycles. The first-order valence-corrected chi connectivity index (χ1v) is 11.6. The SMILES string of the molecule is Cc1ccc(N(CN2C(=O)c3ccccc3C2=O)C(=O)c2sc3cc(C)ccc3c2Cl)cc1. The third-order valence-corrected chi connectivity index (χ3v) is 7.38. The van der Waals surface area contributed by atoms with Gasteiger partial charge in [-0.3, -0.25) is 24.2 Å². The zero-order valence-corrected chi connectivity index (χ0v) is 19.5. The molecule has 0 aliphatic carbocycles. The van der Waals surface area contributed by atoms with Crippen LogP contribution in [0.1, 0.15) is 41.5 Å². The third kappa shape index (κ3) is 3.61. The largest absolute Gasteiger partial charge is 0.289 e. The second-order valence-corrected chi connectivity index (χ2v) is 9.47. The van der Waals surface area contributed by atoms with E-state index in [0.29, 0.717) is 26.7 Å². The van der Waals surface area contributed by atoms with E-state index in [-0.39, 0.29) is 12.6 Å². The predicted molar refractivity (Wildman–Crippen MR) is 131 cm³/mol. The Kier molecular flexibility index (Phi) is 5.27. The quantitative estimate of drug-likeness (QED) is 0.337. The standard InChI is InChI=1S/C26H19ClN2O3S/c1-15-7-10-17(11-8-15)28(14-29-24(30)18-5-3-4-6-19(18)25(29)31)26(32)23-22(27)20-12-9-16(2)13-21(20)33-23/h3-13H,14H2,1-2H3. The molecule has 164 valence electrons. The van der Waals surface area contributed by atoms with Crippen molar-refractivity contribution in [1.29, 1.82) is 0 Å². The highest BCUT2D eigenvalue weighted by Crippen LogP contribution is 2.37. The summed E-state index contributed by atoms with van der Waals surface area (Å²) >= 11 is 7.93. The zero-order chi connectivity index (χ0) is 23.3. The number of halogens is 1. The molecule has 33 heavy (non-hydrogen) atoms. The number of nitrogens with zero attached hydrogens (tertiary/aromatic N) is 2. The number of thiophene rings is 1. The summed E-state index contributed by atoms with van der Waals surface area (Å²) in [6.07, 6.45) is 0. The van der Waals surface area contributed by atoms with E-state index in [9.17, 15) is 14.4 Å². The number of fused-ring (bicyclic) bond motifs is 2. The summed E-state index contributed by atoms with van der Waals surface area (Å²) in [7, 11) is 0. The van der Waals surface area contributed by atoms with Crippen LogP contribution in [0.5, 0.6) is 0 Å². The second kappa shape index (κ2) is 8.14. The van der Waals surface area contributed by atoms with Crippen molar-refractivity contribution in [2.75, 3.05) is 11.6 Å². The van der Waals surface area contributed by atoms with Crippen LogP contribution >= 0.6 is 22.9 Å². The van der Waals surface area contributed by atoms with E-state index in [1.54, 1.807) is 36.4 Å². The fourth-order valence-electron chi connectivity index (χ4n) is 3.93. The van der Waals surface area contributed by atoms with E-state index in [1.807, 2.05) is 44.2 Å². The molecule has 0 atom stereocenters. The molecule has 5 nitrogen and oxygen atoms in total. The average Bonchev–Trinajstić information content (AvgIpc) is 3.26. The van der Waals surface area contributed by atoms with Gasteiger partial charge in [0.05, 0.1) is 16.1 Å². The Morgan fingerprint density at radius 3 is 2.15 bits per heavy atom. The van der Waals surface area contributed by atoms with E-state index in [2.05, 4.69) is 0 Å². The van der Waals surface area contributed by atoms with E-state index in [0.717, 1.165) is 26.1 Å². The maximum absolute atomic E-state index is 13.8. The molecule has 3 amide bonds. The maximum Gasteiger partial charge on any atom is 0.271 e. The van der Waals surface area contributed by atoms with Gasteiger partial charge in [0.1, 0.15) is 11.5 Å². The lowest BCUT2D eigenvalue weighted by molar-refractivity contribution is 0.0650. The fourth-order valence-corrected chi connectivity index (χ4v) is 5.49. The number of carbonyl (C=O) groups is 3. The predicted octanol–water partition coefficient (Wildman–Crippen LogP) is 6.07. The molecule has 7 heteroatoms. The number of hydrogen-bond acceptors (Lipinski definition) is 4. The Labute approximate surface area is 199 Å². The lowest BCUT2D eigenvalue weighted by Crippen LogP contribution is -2.44. The lowest BCUT2D eigenvalue weighted by Gasteiger charge is -2.27. The van der Waals surface area contributed by atoms with Crippen LogP contribution in [0, 0.1) is 13.8 Å². The number of imide groups is 1. The zero-order valence-electron chi connectivity index (χ0n) is 18.0. The monoisotopic (exact) mass is 474 g/mol. The van der Waals surface area contributed by atoms with Gasteiger partial charge in [0.15, 0.2) is 0 Å². The average molecular weight is 475 g/mol. The molecule has 0 unspecified atom stereocenters. The van der Waals surface area contributed by atoms with Crippen molar-refractivity contribution in [1.82, 2.24) is 4.90 Å². The maximum atomic E-state index is 13.8. The number of anilines is 1. The topological polar surface area (TPSA) is 57.7 Å². The Hall–Kier alpha value is -3.48. The number of carbonyl (C=O) groups excluding carboxylic acids is 3. The number of rotatable bonds is 4. The highest BCUT2D eigenvalue weighted by atomic mass is 35.5. The van der Waals surface area contributed by atoms with Crippen molar-refractivity contribution in [3.05, 3.63) is 98.9 Å². The van der Waals surface area contributed by atoms with Gasteiger partial charge in [-0.15, -0.1) is 11.3 Å². The molecule has 4 aromatic rings. The summed E-state index contributed by atoms with van der Waals surface area (Å²) < 4.78 is 0.910. The van der Waals surface area contributed by atoms with Crippen LogP contribution in [-0.2, 0) is 0 Å². The molecule has 0 radical (unpaired) electrons. The first-order valence-electron chi connectivity index (χ1n) is 10.4. The van der Waals surface area contributed by atoms with Crippen LogP contribution < -0.4 is 4.90 Å². The van der Waals surface area contributed by atoms with Crippen molar-refractivity contribution in [2.24, 2.45) is 0 Å². The van der Waals surface area contributed by atoms with E-state index in [4.69, 9.17) is 11.6 Å². The third-order valence-electron chi connectivity index (χ3n) is 5.73. The number of aryl methyl sites for hydroxylation is 2. The molecular weight excluding hydrogens is 456 g/mol. The molecule has 0 N–H and O–H groups in total. The second-order valence-electron chi connectivity index (χ2n) is 8.04. The van der Waals surface area contributed by atoms with Crippen LogP contribution in [0.2, 0.25) is 5.02 Å². The highest BCUT2D eigenvalue weighted by molar-refractivity contribution is 7.21. The Morgan fingerprint density at radius 1 is 0.909 bits per heavy atom. The van der Waals surface area contributed by atoms with Gasteiger partial charge >= 0.3 is 0 Å². The van der Waals surface area contributed by atoms with Crippen LogP contribution in [0.15, 0.2) is 66.7 Å². The first kappa shape index (κ1) is 21.4. The van der Waals surface area contributed by atoms with Gasteiger partial charge in [-0.2, -0.15) is 0 Å². The Morgan fingerprint density at radius 2 is 1.52 bits per heavy atom. The van der Waals surface area contributed by atoms with Gasteiger partial charge in [0.2, 0.25) is 0 Å². The molecule has 0 fully saturated rings. The minimum Gasteiger partial charge on any atom is -0.289 e. The molecule has 1 aliphatic rings. The van der Waals surface area contributed by atoms with Gasteiger partial charge in [-0.25, -0.2) is 0 Å². The van der Waals surface area contributed by atoms with E-state index < -0.39 is 11.8 Å². The summed E-state index contributed by atoms with van der Waals surface area (Å²) in [6, 6.07) is 19.9. The van der Waals surface area contributed by atoms with Crippen LogP contribution in [-0.4, -0.2) is 29.3 Å². The number of amides is 3. The minimum absolute atomic E-state index is 0.210. The molecule has 0 saturated heterocycles.